The normalized spacial score (nSPS) is 10.3. The van der Waals surface area contributed by atoms with E-state index in [1.165, 1.54) is 102 Å². The molecule has 69 heavy (non-hydrogen) atoms. The van der Waals surface area contributed by atoms with Crippen LogP contribution in [0.5, 0.6) is 0 Å². The van der Waals surface area contributed by atoms with Gasteiger partial charge in [-0.1, -0.05) is 0 Å². The Labute approximate surface area is 400 Å². The van der Waals surface area contributed by atoms with Gasteiger partial charge in [-0.15, -0.1) is 22.7 Å². The lowest BCUT2D eigenvalue weighted by atomic mass is 10.1. The van der Waals surface area contributed by atoms with Gasteiger partial charge in [0.2, 0.25) is 41.3 Å². The van der Waals surface area contributed by atoms with Crippen LogP contribution in [-0.2, 0) is 47.0 Å². The maximum atomic E-state index is 11.8. The molecule has 0 radical (unpaired) electrons. The number of nitrogens with one attached hydrogen (secondary N) is 3. The lowest BCUT2D eigenvalue weighted by Gasteiger charge is -1.95. The molecular weight excluding hydrogens is 943 g/mol. The van der Waals surface area contributed by atoms with Crippen molar-refractivity contribution in [1.82, 2.24) is 50.8 Å². The van der Waals surface area contributed by atoms with Gasteiger partial charge in [0, 0.05) is 72.1 Å². The Morgan fingerprint density at radius 2 is 0.986 bits per heavy atom. The number of hydrogen-bond donors (Lipinski definition) is 4. The van der Waals surface area contributed by atoms with Gasteiger partial charge in [0.15, 0.2) is 34.8 Å². The van der Waals surface area contributed by atoms with Crippen molar-refractivity contribution in [3.05, 3.63) is 99.1 Å². The van der Waals surface area contributed by atoms with Crippen LogP contribution in [0.3, 0.4) is 0 Å². The molecule has 0 bridgehead atoms. The fourth-order valence-corrected chi connectivity index (χ4v) is 6.40. The Bertz CT molecular complexity index is 2780. The molecule has 0 saturated heterocycles. The topological polar surface area (TPSA) is 355 Å². The third-order valence-electron chi connectivity index (χ3n) is 8.37. The maximum Gasteiger partial charge on any atom is 0.246 e. The maximum absolute atomic E-state index is 11.8. The highest BCUT2D eigenvalue weighted by Crippen LogP contribution is 2.24. The summed E-state index contributed by atoms with van der Waals surface area (Å²) in [6, 6.07) is 0. The Kier molecular flexibility index (Phi) is 20.5. The summed E-state index contributed by atoms with van der Waals surface area (Å²) < 4.78 is 25.4. The van der Waals surface area contributed by atoms with Crippen LogP contribution in [0.4, 0.5) is 0 Å². The van der Waals surface area contributed by atoms with Crippen molar-refractivity contribution in [2.75, 3.05) is 0 Å². The zero-order valence-electron chi connectivity index (χ0n) is 38.3. The fraction of sp³-hybridized carbons (Fsp3) is 0.326. The Balaban J connectivity index is 0.000000202. The molecular formula is C43H47N11O13S2. The average Bonchev–Trinajstić information content (AvgIpc) is 4.16. The Hall–Kier alpha value is -7.97. The first kappa shape index (κ1) is 53.6. The molecule has 0 aliphatic rings. The minimum absolute atomic E-state index is 0.0838. The van der Waals surface area contributed by atoms with Crippen LogP contribution >= 0.6 is 22.7 Å². The Morgan fingerprint density at radius 3 is 1.52 bits per heavy atom. The molecule has 0 unspecified atom stereocenters. The van der Waals surface area contributed by atoms with Gasteiger partial charge in [0.1, 0.15) is 81.2 Å². The van der Waals surface area contributed by atoms with Gasteiger partial charge in [0.05, 0.1) is 26.2 Å². The van der Waals surface area contributed by atoms with Crippen LogP contribution in [0.1, 0.15) is 142 Å². The van der Waals surface area contributed by atoms with Crippen molar-refractivity contribution < 1.29 is 60.4 Å². The summed E-state index contributed by atoms with van der Waals surface area (Å²) in [4.78, 5) is 116. The zero-order chi connectivity index (χ0) is 50.6. The van der Waals surface area contributed by atoms with Gasteiger partial charge in [-0.3, -0.25) is 38.4 Å². The summed E-state index contributed by atoms with van der Waals surface area (Å²) in [6.45, 7) is 11.0. The van der Waals surface area contributed by atoms with E-state index in [1.54, 1.807) is 10.8 Å². The molecule has 0 aromatic carbocycles. The molecule has 7 rings (SSSR count). The summed E-state index contributed by atoms with van der Waals surface area (Å²) in [6.07, 6.45) is 8.02. The van der Waals surface area contributed by atoms with Crippen molar-refractivity contribution >= 4 is 69.3 Å². The smallest absolute Gasteiger partial charge is 0.246 e. The first-order chi connectivity index (χ1) is 32.8. The highest BCUT2D eigenvalue weighted by atomic mass is 32.1. The molecule has 364 valence electrons. The molecule has 24 nitrogen and oxygen atoms in total. The highest BCUT2D eigenvalue weighted by molar-refractivity contribution is 7.13. The highest BCUT2D eigenvalue weighted by Gasteiger charge is 2.16. The molecule has 0 spiro atoms. The number of aryl methyl sites for hydroxylation is 1. The first-order valence-electron chi connectivity index (χ1n) is 20.5. The minimum atomic E-state index is -0.164. The van der Waals surface area contributed by atoms with Gasteiger partial charge in [-0.25, -0.2) is 34.9 Å². The molecule has 0 atom stereocenters. The van der Waals surface area contributed by atoms with Crippen molar-refractivity contribution in [1.29, 1.82) is 0 Å². The minimum Gasteiger partial charge on any atom is -0.448 e. The molecule has 3 amide bonds. The van der Waals surface area contributed by atoms with Gasteiger partial charge in [0.25, 0.3) is 0 Å². The van der Waals surface area contributed by atoms with Crippen LogP contribution in [0, 0.1) is 0 Å². The molecule has 0 aliphatic heterocycles. The summed E-state index contributed by atoms with van der Waals surface area (Å²) in [5.41, 5.74) is 8.03. The summed E-state index contributed by atoms with van der Waals surface area (Å²) >= 11 is 2.72. The van der Waals surface area contributed by atoms with E-state index in [4.69, 9.17) is 27.8 Å². The van der Waals surface area contributed by atoms with Crippen LogP contribution < -0.4 is 21.7 Å². The van der Waals surface area contributed by atoms with E-state index in [2.05, 4.69) is 50.8 Å². The van der Waals surface area contributed by atoms with Gasteiger partial charge in [-0.2, -0.15) is 0 Å². The van der Waals surface area contributed by atoms with E-state index in [1.807, 2.05) is 0 Å². The molecule has 7 aromatic heterocycles. The second kappa shape index (κ2) is 26.4. The summed E-state index contributed by atoms with van der Waals surface area (Å²) in [7, 11) is 0. The van der Waals surface area contributed by atoms with E-state index in [0.29, 0.717) is 83.0 Å². The van der Waals surface area contributed by atoms with Crippen molar-refractivity contribution in [2.45, 2.75) is 93.9 Å². The van der Waals surface area contributed by atoms with Crippen molar-refractivity contribution in [3.8, 4) is 22.3 Å². The summed E-state index contributed by atoms with van der Waals surface area (Å²) in [5, 5.41) is 12.6. The van der Waals surface area contributed by atoms with Crippen LogP contribution in [-0.4, -0.2) is 81.5 Å². The molecule has 7 aromatic rings. The zero-order valence-corrected chi connectivity index (χ0v) is 40.0. The number of nitrogens with two attached hydrogens (primary N) is 1. The van der Waals surface area contributed by atoms with E-state index < -0.39 is 0 Å². The van der Waals surface area contributed by atoms with Gasteiger partial charge < -0.3 is 43.8 Å². The van der Waals surface area contributed by atoms with Crippen molar-refractivity contribution in [2.24, 2.45) is 5.73 Å². The second-order valence-corrected chi connectivity index (χ2v) is 15.9. The number of ketones is 5. The number of thiazole rings is 2. The quantitative estimate of drug-likeness (QED) is 0.0790. The molecule has 7 heterocycles. The summed E-state index contributed by atoms with van der Waals surface area (Å²) in [5.74, 6) is 0.756. The Morgan fingerprint density at radius 1 is 0.493 bits per heavy atom. The second-order valence-electron chi connectivity index (χ2n) is 14.1. The first-order valence-corrected chi connectivity index (χ1v) is 22.2. The van der Waals surface area contributed by atoms with Crippen LogP contribution in [0.2, 0.25) is 0 Å². The fourth-order valence-electron chi connectivity index (χ4n) is 4.89. The predicted octanol–water partition coefficient (Wildman–Crippen LogP) is 5.32. The van der Waals surface area contributed by atoms with Gasteiger partial charge in [-0.05, 0) is 6.42 Å². The van der Waals surface area contributed by atoms with Gasteiger partial charge >= 0.3 is 0 Å². The van der Waals surface area contributed by atoms with E-state index in [-0.39, 0.29) is 83.4 Å². The van der Waals surface area contributed by atoms with E-state index >= 15 is 0 Å². The SMILES string of the molecule is CC(=O)NCc1nc(-c2nc(C(C)=O)co2)cs1.CC(=O)NCc1nc(-c2nc(C(C)=O)cs2)co1.CC(=O)NCc1nc(C(C)=O)co1.CC(=O)c1coc(CCCC(=O)c2coc(CN)n2)n1. The third-order valence-corrected chi connectivity index (χ3v) is 10.1. The standard InChI is InChI=1S/C13H15N3O4.2C11H11N3O3S.C8H10N2O3/c1-8(17)9-6-19-12(15-9)4-2-3-11(18)10-7-20-13(5-14)16-10;1-6(15)9-5-18-11(14-9)8-4-17-10(13-8)3-12-7(2)16;1-6(15)8-4-17-11(14-8)9-5-18-10(13-9)3-12-7(2)16;1-5(11)7-4-13-8(10-7)3-9-6(2)12/h6-7H,2-5,14H2,1H3;2*4-5H,3H2,1-2H3,(H,12,16);4H,3H2,1-2H3,(H,9,12). The molecule has 0 saturated carbocycles. The monoisotopic (exact) mass is 989 g/mol. The number of hydrogen-bond acceptors (Lipinski definition) is 23. The number of nitrogens with zero attached hydrogens (tertiary/aromatic N) is 7. The average molecular weight is 990 g/mol. The van der Waals surface area contributed by atoms with Crippen LogP contribution in [0.25, 0.3) is 22.3 Å². The largest absolute Gasteiger partial charge is 0.448 e. The lowest BCUT2D eigenvalue weighted by molar-refractivity contribution is -0.120. The number of oxazole rings is 5. The number of carbonyl (C=O) groups excluding carboxylic acids is 8. The number of aromatic nitrogens is 7. The predicted molar refractivity (Wildman–Crippen MR) is 242 cm³/mol. The van der Waals surface area contributed by atoms with E-state index in [0.717, 1.165) is 5.01 Å². The molecule has 5 N–H and O–H groups in total. The van der Waals surface area contributed by atoms with Crippen LogP contribution in [0.15, 0.2) is 64.2 Å². The molecule has 26 heteroatoms. The number of carbonyl (C=O) groups is 8. The van der Waals surface area contributed by atoms with Crippen molar-refractivity contribution in [3.63, 3.8) is 0 Å². The molecule has 0 aliphatic carbocycles. The van der Waals surface area contributed by atoms with E-state index in [9.17, 15) is 38.4 Å². The third kappa shape index (κ3) is 18.0. The number of rotatable bonds is 18. The lowest BCUT2D eigenvalue weighted by Crippen LogP contribution is -2.19. The number of Topliss-reactive ketones (excluding diaryl/α,β-unsaturated/α-hetero) is 5. The number of amides is 3. The molecule has 0 fully saturated rings.